The summed E-state index contributed by atoms with van der Waals surface area (Å²) in [6.07, 6.45) is 5.45. The summed E-state index contributed by atoms with van der Waals surface area (Å²) in [5.41, 5.74) is 2.19. The van der Waals surface area contributed by atoms with Gasteiger partial charge in [-0.15, -0.1) is 0 Å². The van der Waals surface area contributed by atoms with Gasteiger partial charge in [0.05, 0.1) is 10.7 Å². The largest absolute Gasteiger partial charge is 0.381 e. The fourth-order valence-electron chi connectivity index (χ4n) is 4.22. The van der Waals surface area contributed by atoms with Crippen molar-refractivity contribution in [1.82, 2.24) is 15.5 Å². The van der Waals surface area contributed by atoms with E-state index in [-0.39, 0.29) is 17.4 Å². The molecular weight excluding hydrogens is 338 g/mol. The number of nitrogens with one attached hydrogen (secondary N) is 2. The molecule has 1 aromatic heterocycles. The average Bonchev–Trinajstić information content (AvgIpc) is 3.25. The predicted molar refractivity (Wildman–Crippen MR) is 96.6 cm³/mol. The second-order valence-electron chi connectivity index (χ2n) is 7.04. The third-order valence-corrected chi connectivity index (χ3v) is 6.00. The molecule has 1 aromatic carbocycles. The number of benzene rings is 1. The number of aromatic nitrogens is 2. The molecule has 1 aliphatic heterocycles. The molecule has 2 heterocycles. The quantitative estimate of drug-likeness (QED) is 0.875. The summed E-state index contributed by atoms with van der Waals surface area (Å²) in [4.78, 5) is 12.7. The van der Waals surface area contributed by atoms with Gasteiger partial charge in [-0.25, -0.2) is 0 Å². The Balaban J connectivity index is 1.49. The zero-order valence-corrected chi connectivity index (χ0v) is 14.8. The summed E-state index contributed by atoms with van der Waals surface area (Å²) in [6, 6.07) is 9.48. The van der Waals surface area contributed by atoms with Crippen LogP contribution in [0.2, 0.25) is 5.02 Å². The number of nitrogens with zero attached hydrogens (tertiary/aromatic N) is 1. The second-order valence-corrected chi connectivity index (χ2v) is 7.45. The zero-order chi connectivity index (χ0) is 17.3. The molecule has 1 aliphatic carbocycles. The van der Waals surface area contributed by atoms with Crippen LogP contribution >= 0.6 is 11.6 Å². The van der Waals surface area contributed by atoms with Crippen molar-refractivity contribution < 1.29 is 9.53 Å². The van der Waals surface area contributed by atoms with Crippen LogP contribution in [0.1, 0.15) is 42.6 Å². The standard InChI is InChI=1S/C19H22ClN3O2/c20-14-5-2-1-4-13(14)15-12-16(23-22-15)18(24)21-17-6-3-7-19(17)8-10-25-11-9-19/h1-2,4-5,12,17H,3,6-11H2,(H,21,24)(H,22,23)/t17-/m0/s1. The molecule has 2 fully saturated rings. The molecule has 0 bridgehead atoms. The number of halogens is 1. The number of amides is 1. The molecule has 25 heavy (non-hydrogen) atoms. The lowest BCUT2D eigenvalue weighted by atomic mass is 9.75. The van der Waals surface area contributed by atoms with Crippen molar-refractivity contribution in [3.8, 4) is 11.3 Å². The summed E-state index contributed by atoms with van der Waals surface area (Å²) in [5, 5.41) is 11.0. The molecule has 0 radical (unpaired) electrons. The van der Waals surface area contributed by atoms with Crippen molar-refractivity contribution >= 4 is 17.5 Å². The Hall–Kier alpha value is -1.85. The van der Waals surface area contributed by atoms with Crippen molar-refractivity contribution in [2.45, 2.75) is 38.1 Å². The Morgan fingerprint density at radius 3 is 2.88 bits per heavy atom. The molecule has 1 spiro atoms. The molecule has 1 saturated heterocycles. The molecule has 4 rings (SSSR count). The number of carbonyl (C=O) groups excluding carboxylic acids is 1. The summed E-state index contributed by atoms with van der Waals surface area (Å²) >= 11 is 6.22. The topological polar surface area (TPSA) is 67.0 Å². The number of hydrogen-bond acceptors (Lipinski definition) is 3. The molecular formula is C19H22ClN3O2. The van der Waals surface area contributed by atoms with E-state index in [9.17, 15) is 4.79 Å². The van der Waals surface area contributed by atoms with Crippen molar-refractivity contribution in [3.05, 3.63) is 41.0 Å². The van der Waals surface area contributed by atoms with E-state index in [1.54, 1.807) is 6.07 Å². The average molecular weight is 360 g/mol. The molecule has 1 saturated carbocycles. The minimum atomic E-state index is -0.0939. The third-order valence-electron chi connectivity index (χ3n) is 5.67. The molecule has 2 aliphatic rings. The van der Waals surface area contributed by atoms with Crippen molar-refractivity contribution in [1.29, 1.82) is 0 Å². The van der Waals surface area contributed by atoms with Gasteiger partial charge >= 0.3 is 0 Å². The summed E-state index contributed by atoms with van der Waals surface area (Å²) in [5.74, 6) is -0.0939. The Kier molecular flexibility index (Phi) is 4.52. The van der Waals surface area contributed by atoms with Gasteiger partial charge in [0.25, 0.3) is 5.91 Å². The maximum Gasteiger partial charge on any atom is 0.269 e. The Morgan fingerprint density at radius 1 is 1.28 bits per heavy atom. The van der Waals surface area contributed by atoms with E-state index in [0.29, 0.717) is 16.4 Å². The van der Waals surface area contributed by atoms with E-state index < -0.39 is 0 Å². The SMILES string of the molecule is O=C(N[C@H]1CCCC12CCOCC2)c1cc(-c2ccccc2Cl)n[nH]1. The van der Waals surface area contributed by atoms with Gasteiger partial charge in [0, 0.05) is 24.8 Å². The van der Waals surface area contributed by atoms with Crippen LogP contribution in [0.25, 0.3) is 11.3 Å². The van der Waals surface area contributed by atoms with E-state index in [0.717, 1.165) is 38.0 Å². The first-order chi connectivity index (χ1) is 12.2. The first-order valence-corrected chi connectivity index (χ1v) is 9.25. The lowest BCUT2D eigenvalue weighted by molar-refractivity contribution is 0.00469. The summed E-state index contributed by atoms with van der Waals surface area (Å²) in [6.45, 7) is 1.60. The van der Waals surface area contributed by atoms with Crippen LogP contribution in [0.3, 0.4) is 0 Å². The number of rotatable bonds is 3. The van der Waals surface area contributed by atoms with E-state index in [4.69, 9.17) is 16.3 Å². The lowest BCUT2D eigenvalue weighted by Gasteiger charge is -2.39. The van der Waals surface area contributed by atoms with Crippen LogP contribution < -0.4 is 5.32 Å². The highest BCUT2D eigenvalue weighted by atomic mass is 35.5. The zero-order valence-electron chi connectivity index (χ0n) is 14.1. The van der Waals surface area contributed by atoms with Crippen LogP contribution in [0, 0.1) is 5.41 Å². The van der Waals surface area contributed by atoms with Gasteiger partial charge in [-0.3, -0.25) is 9.89 Å². The van der Waals surface area contributed by atoms with Crippen LogP contribution in [-0.2, 0) is 4.74 Å². The van der Waals surface area contributed by atoms with Gasteiger partial charge in [-0.2, -0.15) is 5.10 Å². The van der Waals surface area contributed by atoms with E-state index >= 15 is 0 Å². The molecule has 6 heteroatoms. The monoisotopic (exact) mass is 359 g/mol. The lowest BCUT2D eigenvalue weighted by Crippen LogP contribution is -2.47. The van der Waals surface area contributed by atoms with Crippen molar-refractivity contribution in [2.24, 2.45) is 5.41 Å². The van der Waals surface area contributed by atoms with Crippen LogP contribution in [-0.4, -0.2) is 35.4 Å². The minimum Gasteiger partial charge on any atom is -0.381 e. The Bertz CT molecular complexity index is 768. The van der Waals surface area contributed by atoms with Gasteiger partial charge in [-0.05, 0) is 43.2 Å². The molecule has 1 amide bonds. The number of aromatic amines is 1. The van der Waals surface area contributed by atoms with Crippen LogP contribution in [0.5, 0.6) is 0 Å². The first kappa shape index (κ1) is 16.6. The summed E-state index contributed by atoms with van der Waals surface area (Å²) < 4.78 is 5.52. The normalized spacial score (nSPS) is 22.2. The van der Waals surface area contributed by atoms with E-state index in [2.05, 4.69) is 15.5 Å². The van der Waals surface area contributed by atoms with E-state index in [1.807, 2.05) is 24.3 Å². The fourth-order valence-corrected chi connectivity index (χ4v) is 4.45. The maximum absolute atomic E-state index is 12.7. The Labute approximate surface area is 152 Å². The fraction of sp³-hybridized carbons (Fsp3) is 0.474. The number of ether oxygens (including phenoxy) is 1. The second kappa shape index (κ2) is 6.81. The minimum absolute atomic E-state index is 0.0939. The van der Waals surface area contributed by atoms with Crippen LogP contribution in [0.4, 0.5) is 0 Å². The maximum atomic E-state index is 12.7. The highest BCUT2D eigenvalue weighted by Gasteiger charge is 2.44. The molecule has 5 nitrogen and oxygen atoms in total. The van der Waals surface area contributed by atoms with Gasteiger partial charge < -0.3 is 10.1 Å². The van der Waals surface area contributed by atoms with Crippen LogP contribution in [0.15, 0.2) is 30.3 Å². The predicted octanol–water partition coefficient (Wildman–Crippen LogP) is 3.81. The van der Waals surface area contributed by atoms with E-state index in [1.165, 1.54) is 12.8 Å². The number of hydrogen-bond donors (Lipinski definition) is 2. The molecule has 2 aromatic rings. The summed E-state index contributed by atoms with van der Waals surface area (Å²) in [7, 11) is 0. The van der Waals surface area contributed by atoms with Gasteiger partial charge in [0.15, 0.2) is 0 Å². The van der Waals surface area contributed by atoms with Gasteiger partial charge in [0.1, 0.15) is 5.69 Å². The number of H-pyrrole nitrogens is 1. The molecule has 1 atom stereocenters. The molecule has 0 unspecified atom stereocenters. The molecule has 2 N–H and O–H groups in total. The first-order valence-electron chi connectivity index (χ1n) is 8.87. The van der Waals surface area contributed by atoms with Crippen molar-refractivity contribution in [3.63, 3.8) is 0 Å². The third kappa shape index (κ3) is 3.18. The Morgan fingerprint density at radius 2 is 2.08 bits per heavy atom. The van der Waals surface area contributed by atoms with Gasteiger partial charge in [-0.1, -0.05) is 36.2 Å². The van der Waals surface area contributed by atoms with Gasteiger partial charge in [0.2, 0.25) is 0 Å². The smallest absolute Gasteiger partial charge is 0.269 e. The highest BCUT2D eigenvalue weighted by Crippen LogP contribution is 2.46. The molecule has 132 valence electrons. The van der Waals surface area contributed by atoms with Crippen molar-refractivity contribution in [2.75, 3.05) is 13.2 Å². The highest BCUT2D eigenvalue weighted by molar-refractivity contribution is 6.33. The number of carbonyl (C=O) groups is 1.